The summed E-state index contributed by atoms with van der Waals surface area (Å²) in [5.74, 6) is 0.463. The van der Waals surface area contributed by atoms with Crippen LogP contribution in [0.4, 0.5) is 5.82 Å². The quantitative estimate of drug-likeness (QED) is 0.726. The molecule has 0 radical (unpaired) electrons. The summed E-state index contributed by atoms with van der Waals surface area (Å²) in [5, 5.41) is 19.0. The molecule has 8 heteroatoms. The average Bonchev–Trinajstić information content (AvgIpc) is 2.59. The third kappa shape index (κ3) is 3.74. The lowest BCUT2D eigenvalue weighted by Crippen LogP contribution is -2.29. The van der Waals surface area contributed by atoms with E-state index in [1.807, 2.05) is 0 Å². The fourth-order valence-corrected chi connectivity index (χ4v) is 3.28. The molecule has 2 aromatic rings. The van der Waals surface area contributed by atoms with Crippen LogP contribution in [0.1, 0.15) is 32.6 Å². The van der Waals surface area contributed by atoms with Gasteiger partial charge in [-0.1, -0.05) is 13.3 Å². The van der Waals surface area contributed by atoms with Gasteiger partial charge < -0.3 is 25.3 Å². The molecule has 1 unspecified atom stereocenters. The van der Waals surface area contributed by atoms with E-state index in [-0.39, 0.29) is 35.3 Å². The first-order valence-electron chi connectivity index (χ1n) is 8.62. The van der Waals surface area contributed by atoms with E-state index in [9.17, 15) is 9.90 Å². The zero-order valence-electron chi connectivity index (χ0n) is 14.3. The molecule has 2 aromatic heterocycles. The van der Waals surface area contributed by atoms with E-state index < -0.39 is 12.7 Å². The Bertz CT molecular complexity index is 807. The van der Waals surface area contributed by atoms with Gasteiger partial charge in [-0.25, -0.2) is 0 Å². The Kier molecular flexibility index (Phi) is 5.19. The molecule has 0 saturated heterocycles. The summed E-state index contributed by atoms with van der Waals surface area (Å²) in [5.41, 5.74) is 5.98. The number of ether oxygens (including phenoxy) is 1. The minimum atomic E-state index is -0.968. The van der Waals surface area contributed by atoms with E-state index in [1.54, 1.807) is 4.57 Å². The molecule has 1 saturated carbocycles. The summed E-state index contributed by atoms with van der Waals surface area (Å²) >= 11 is 0. The van der Waals surface area contributed by atoms with Crippen molar-refractivity contribution in [3.63, 3.8) is 0 Å². The third-order valence-electron chi connectivity index (χ3n) is 4.73. The number of nitrogens with two attached hydrogens (primary N) is 1. The molecule has 136 valence electrons. The van der Waals surface area contributed by atoms with Gasteiger partial charge in [-0.15, -0.1) is 0 Å². The van der Waals surface area contributed by atoms with Gasteiger partial charge in [0.2, 0.25) is 0 Å². The molecule has 0 spiro atoms. The molecule has 1 aliphatic carbocycles. The monoisotopic (exact) mass is 348 g/mol. The van der Waals surface area contributed by atoms with Gasteiger partial charge >= 0.3 is 6.01 Å². The van der Waals surface area contributed by atoms with Gasteiger partial charge in [0.15, 0.2) is 11.1 Å². The minimum absolute atomic E-state index is 0.0255. The molecule has 1 fully saturated rings. The first-order valence-corrected chi connectivity index (χ1v) is 8.62. The summed E-state index contributed by atoms with van der Waals surface area (Å²) in [4.78, 5) is 20.7. The molecule has 3 atom stereocenters. The van der Waals surface area contributed by atoms with Crippen LogP contribution in [0.3, 0.4) is 0 Å². The molecular formula is C17H24N4O4. The molecule has 0 aliphatic heterocycles. The molecule has 8 nitrogen and oxygen atoms in total. The molecule has 4 N–H and O–H groups in total. The number of hydrogen-bond acceptors (Lipinski definition) is 7. The maximum Gasteiger partial charge on any atom is 0.320 e. The zero-order valence-corrected chi connectivity index (χ0v) is 14.3. The maximum absolute atomic E-state index is 12.1. The normalized spacial score (nSPS) is 22.0. The zero-order chi connectivity index (χ0) is 18.0. The lowest BCUT2D eigenvalue weighted by atomic mass is 9.88. The highest BCUT2D eigenvalue weighted by molar-refractivity contribution is 5.85. The molecular weight excluding hydrogens is 324 g/mol. The Morgan fingerprint density at radius 3 is 2.88 bits per heavy atom. The largest absolute Gasteiger partial charge is 0.460 e. The van der Waals surface area contributed by atoms with Crippen LogP contribution in [-0.4, -0.2) is 43.6 Å². The van der Waals surface area contributed by atoms with Gasteiger partial charge in [-0.3, -0.25) is 4.79 Å². The standard InChI is InChI=1S/C17H24N4O4/c1-10-4-2-3-5-13(10)25-17-19-15(18)14-12(24)6-7-21(16(14)20-17)8-11(23)9-22/h6-7,10-11,13,22-23H,2-5,8-9H2,1H3,(H2,18,19,20)/t10-,11?,13+/m0/s1. The van der Waals surface area contributed by atoms with Crippen molar-refractivity contribution in [2.24, 2.45) is 5.92 Å². The molecule has 0 aromatic carbocycles. The lowest BCUT2D eigenvalue weighted by Gasteiger charge is -2.28. The topological polar surface area (TPSA) is 123 Å². The van der Waals surface area contributed by atoms with E-state index in [1.165, 1.54) is 18.7 Å². The minimum Gasteiger partial charge on any atom is -0.460 e. The lowest BCUT2D eigenvalue weighted by molar-refractivity contribution is 0.0815. The summed E-state index contributed by atoms with van der Waals surface area (Å²) in [7, 11) is 0. The van der Waals surface area contributed by atoms with Crippen LogP contribution in [0.5, 0.6) is 6.01 Å². The van der Waals surface area contributed by atoms with E-state index in [2.05, 4.69) is 16.9 Å². The average molecular weight is 348 g/mol. The number of aromatic nitrogens is 3. The second-order valence-corrected chi connectivity index (χ2v) is 6.68. The fourth-order valence-electron chi connectivity index (χ4n) is 3.28. The van der Waals surface area contributed by atoms with Gasteiger partial charge in [-0.2, -0.15) is 9.97 Å². The number of pyridine rings is 1. The van der Waals surface area contributed by atoms with E-state index in [0.717, 1.165) is 19.3 Å². The SMILES string of the molecule is C[C@H]1CCCC[C@H]1Oc1nc(N)c2c(=O)ccn(CC(O)CO)c2n1. The van der Waals surface area contributed by atoms with Crippen molar-refractivity contribution in [1.29, 1.82) is 0 Å². The molecule has 2 heterocycles. The number of fused-ring (bicyclic) bond motifs is 1. The Hall–Kier alpha value is -2.19. The van der Waals surface area contributed by atoms with Crippen molar-refractivity contribution in [2.45, 2.75) is 51.4 Å². The highest BCUT2D eigenvalue weighted by Crippen LogP contribution is 2.28. The predicted octanol–water partition coefficient (Wildman–Crippen LogP) is 0.684. The van der Waals surface area contributed by atoms with Gasteiger partial charge in [0.25, 0.3) is 0 Å². The van der Waals surface area contributed by atoms with Gasteiger partial charge in [0, 0.05) is 12.3 Å². The van der Waals surface area contributed by atoms with Crippen molar-refractivity contribution >= 4 is 16.9 Å². The second kappa shape index (κ2) is 7.37. The fraction of sp³-hybridized carbons (Fsp3) is 0.588. The highest BCUT2D eigenvalue weighted by Gasteiger charge is 2.24. The van der Waals surface area contributed by atoms with Crippen LogP contribution in [0, 0.1) is 5.92 Å². The maximum atomic E-state index is 12.1. The predicted molar refractivity (Wildman–Crippen MR) is 93.4 cm³/mol. The van der Waals surface area contributed by atoms with Gasteiger partial charge in [0.1, 0.15) is 17.3 Å². The number of anilines is 1. The first-order chi connectivity index (χ1) is 12.0. The Balaban J connectivity index is 2.00. The van der Waals surface area contributed by atoms with Crippen molar-refractivity contribution in [3.05, 3.63) is 22.5 Å². The molecule has 0 bridgehead atoms. The Labute approximate surface area is 145 Å². The van der Waals surface area contributed by atoms with Gasteiger partial charge in [0.05, 0.1) is 19.3 Å². The molecule has 3 rings (SSSR count). The highest BCUT2D eigenvalue weighted by atomic mass is 16.5. The summed E-state index contributed by atoms with van der Waals surface area (Å²) in [6.45, 7) is 1.84. The van der Waals surface area contributed by atoms with E-state index >= 15 is 0 Å². The number of nitrogen functional groups attached to an aromatic ring is 1. The van der Waals surface area contributed by atoms with Crippen LogP contribution in [-0.2, 0) is 6.54 Å². The van der Waals surface area contributed by atoms with E-state index in [0.29, 0.717) is 11.6 Å². The van der Waals surface area contributed by atoms with Crippen LogP contribution < -0.4 is 15.9 Å². The first kappa shape index (κ1) is 17.6. The summed E-state index contributed by atoms with van der Waals surface area (Å²) in [6, 6.07) is 1.48. The van der Waals surface area contributed by atoms with Crippen molar-refractivity contribution in [1.82, 2.24) is 14.5 Å². The van der Waals surface area contributed by atoms with Crippen LogP contribution >= 0.6 is 0 Å². The van der Waals surface area contributed by atoms with Crippen LogP contribution in [0.2, 0.25) is 0 Å². The van der Waals surface area contributed by atoms with Crippen molar-refractivity contribution in [3.8, 4) is 6.01 Å². The van der Waals surface area contributed by atoms with E-state index in [4.69, 9.17) is 15.6 Å². The number of aliphatic hydroxyl groups is 2. The van der Waals surface area contributed by atoms with Gasteiger partial charge in [-0.05, 0) is 25.2 Å². The molecule has 1 aliphatic rings. The summed E-state index contributed by atoms with van der Waals surface area (Å²) in [6.07, 6.45) is 4.91. The Morgan fingerprint density at radius 1 is 1.40 bits per heavy atom. The smallest absolute Gasteiger partial charge is 0.320 e. The number of rotatable bonds is 5. The van der Waals surface area contributed by atoms with Crippen LogP contribution in [0.15, 0.2) is 17.1 Å². The second-order valence-electron chi connectivity index (χ2n) is 6.68. The number of aliphatic hydroxyl groups excluding tert-OH is 2. The Morgan fingerprint density at radius 2 is 2.16 bits per heavy atom. The number of nitrogens with zero attached hydrogens (tertiary/aromatic N) is 3. The van der Waals surface area contributed by atoms with Crippen LogP contribution in [0.25, 0.3) is 11.0 Å². The third-order valence-corrected chi connectivity index (χ3v) is 4.73. The molecule has 25 heavy (non-hydrogen) atoms. The summed E-state index contributed by atoms with van der Waals surface area (Å²) < 4.78 is 7.53. The van der Waals surface area contributed by atoms with Crippen molar-refractivity contribution in [2.75, 3.05) is 12.3 Å². The van der Waals surface area contributed by atoms with Crippen molar-refractivity contribution < 1.29 is 14.9 Å². The number of hydrogen-bond donors (Lipinski definition) is 3. The molecule has 0 amide bonds.